The number of likely N-dealkylation sites (tertiary alicyclic amines) is 1. The Balaban J connectivity index is 1.44. The van der Waals surface area contributed by atoms with Crippen LogP contribution in [0.1, 0.15) is 35.3 Å². The van der Waals surface area contributed by atoms with Crippen molar-refractivity contribution in [3.63, 3.8) is 0 Å². The summed E-state index contributed by atoms with van der Waals surface area (Å²) >= 11 is 0. The Morgan fingerprint density at radius 2 is 1.85 bits per heavy atom. The fourth-order valence-electron chi connectivity index (χ4n) is 3.96. The van der Waals surface area contributed by atoms with Crippen LogP contribution in [-0.4, -0.2) is 46.3 Å². The van der Waals surface area contributed by atoms with Gasteiger partial charge in [-0.1, -0.05) is 0 Å². The van der Waals surface area contributed by atoms with Crippen molar-refractivity contribution < 1.29 is 9.59 Å². The number of piperidine rings is 1. The summed E-state index contributed by atoms with van der Waals surface area (Å²) in [5.74, 6) is 0.177. The van der Waals surface area contributed by atoms with Crippen molar-refractivity contribution in [1.29, 1.82) is 0 Å². The number of carbonyl (C=O) groups is 2. The van der Waals surface area contributed by atoms with Gasteiger partial charge < -0.3 is 9.80 Å². The fraction of sp³-hybridized carbons (Fsp3) is 0.400. The molecule has 0 radical (unpaired) electrons. The molecule has 4 rings (SSSR count). The molecule has 26 heavy (non-hydrogen) atoms. The highest BCUT2D eigenvalue weighted by Crippen LogP contribution is 2.43. The minimum Gasteiger partial charge on any atom is -0.339 e. The van der Waals surface area contributed by atoms with E-state index in [1.807, 2.05) is 41.0 Å². The average Bonchev–Trinajstić information content (AvgIpc) is 2.99. The van der Waals surface area contributed by atoms with E-state index in [0.29, 0.717) is 31.5 Å². The Morgan fingerprint density at radius 1 is 1.08 bits per heavy atom. The molecular formula is C20H22N4O2. The SMILES string of the molecule is Cc1ccc(C(=O)N2CCC3(CC2)CCN(c2cccnc2)C3=O)cn1. The zero-order valence-corrected chi connectivity index (χ0v) is 14.9. The summed E-state index contributed by atoms with van der Waals surface area (Å²) in [5.41, 5.74) is 2.03. The van der Waals surface area contributed by atoms with Crippen LogP contribution < -0.4 is 4.90 Å². The summed E-state index contributed by atoms with van der Waals surface area (Å²) in [6.07, 6.45) is 7.35. The maximum Gasteiger partial charge on any atom is 0.255 e. The standard InChI is InChI=1S/C20H22N4O2/c1-15-4-5-16(13-22-15)18(25)23-10-6-20(7-11-23)8-12-24(19(20)26)17-3-2-9-21-14-17/h2-5,9,13-14H,6-8,10-12H2,1H3. The zero-order valence-electron chi connectivity index (χ0n) is 14.9. The van der Waals surface area contributed by atoms with E-state index in [0.717, 1.165) is 24.3 Å². The van der Waals surface area contributed by atoms with Crippen LogP contribution >= 0.6 is 0 Å². The molecule has 134 valence electrons. The largest absolute Gasteiger partial charge is 0.339 e. The minimum atomic E-state index is -0.335. The average molecular weight is 350 g/mol. The van der Waals surface area contributed by atoms with Crippen LogP contribution in [0.25, 0.3) is 0 Å². The molecule has 0 unspecified atom stereocenters. The predicted octanol–water partition coefficient (Wildman–Crippen LogP) is 2.44. The van der Waals surface area contributed by atoms with Crippen LogP contribution in [0.3, 0.4) is 0 Å². The Kier molecular flexibility index (Phi) is 4.18. The maximum atomic E-state index is 13.1. The second kappa shape index (κ2) is 6.52. The molecule has 2 fully saturated rings. The van der Waals surface area contributed by atoms with Gasteiger partial charge in [0.05, 0.1) is 22.9 Å². The second-order valence-corrected chi connectivity index (χ2v) is 7.18. The van der Waals surface area contributed by atoms with Crippen molar-refractivity contribution in [2.45, 2.75) is 26.2 Å². The number of aryl methyl sites for hydroxylation is 1. The molecule has 2 aliphatic rings. The number of pyridine rings is 2. The molecule has 0 saturated carbocycles. The van der Waals surface area contributed by atoms with Crippen LogP contribution in [0.2, 0.25) is 0 Å². The van der Waals surface area contributed by atoms with E-state index in [1.54, 1.807) is 18.6 Å². The van der Waals surface area contributed by atoms with Gasteiger partial charge in [-0.05, 0) is 50.5 Å². The Labute approximate surface area is 152 Å². The number of rotatable bonds is 2. The second-order valence-electron chi connectivity index (χ2n) is 7.18. The smallest absolute Gasteiger partial charge is 0.255 e. The molecule has 0 atom stereocenters. The predicted molar refractivity (Wildman–Crippen MR) is 97.8 cm³/mol. The van der Waals surface area contributed by atoms with Gasteiger partial charge in [0.2, 0.25) is 5.91 Å². The quantitative estimate of drug-likeness (QED) is 0.834. The van der Waals surface area contributed by atoms with Gasteiger partial charge in [-0.25, -0.2) is 0 Å². The molecule has 0 bridgehead atoms. The number of hydrogen-bond acceptors (Lipinski definition) is 4. The third kappa shape index (κ3) is 2.85. The molecule has 1 spiro atoms. The monoisotopic (exact) mass is 350 g/mol. The first-order chi connectivity index (χ1) is 12.6. The summed E-state index contributed by atoms with van der Waals surface area (Å²) in [4.78, 5) is 37.7. The highest BCUT2D eigenvalue weighted by atomic mass is 16.2. The highest BCUT2D eigenvalue weighted by Gasteiger charge is 2.49. The molecular weight excluding hydrogens is 328 g/mol. The van der Waals surface area contributed by atoms with E-state index < -0.39 is 0 Å². The van der Waals surface area contributed by atoms with Gasteiger partial charge in [-0.3, -0.25) is 19.6 Å². The fourth-order valence-corrected chi connectivity index (χ4v) is 3.96. The zero-order chi connectivity index (χ0) is 18.1. The van der Waals surface area contributed by atoms with Crippen molar-refractivity contribution in [2.75, 3.05) is 24.5 Å². The number of aromatic nitrogens is 2. The first-order valence-electron chi connectivity index (χ1n) is 9.03. The molecule has 0 N–H and O–H groups in total. The van der Waals surface area contributed by atoms with Crippen molar-refractivity contribution in [2.24, 2.45) is 5.41 Å². The molecule has 0 aliphatic carbocycles. The van der Waals surface area contributed by atoms with Gasteiger partial charge in [-0.15, -0.1) is 0 Å². The van der Waals surface area contributed by atoms with E-state index in [4.69, 9.17) is 0 Å². The number of amides is 2. The first kappa shape index (κ1) is 16.7. The van der Waals surface area contributed by atoms with E-state index >= 15 is 0 Å². The van der Waals surface area contributed by atoms with Crippen LogP contribution in [0.15, 0.2) is 42.9 Å². The summed E-state index contributed by atoms with van der Waals surface area (Å²) in [5, 5.41) is 0. The summed E-state index contributed by atoms with van der Waals surface area (Å²) in [7, 11) is 0. The van der Waals surface area contributed by atoms with E-state index in [2.05, 4.69) is 9.97 Å². The van der Waals surface area contributed by atoms with Crippen LogP contribution in [-0.2, 0) is 4.79 Å². The topological polar surface area (TPSA) is 66.4 Å². The lowest BCUT2D eigenvalue weighted by Crippen LogP contribution is -2.46. The molecule has 2 saturated heterocycles. The van der Waals surface area contributed by atoms with Crippen LogP contribution in [0.5, 0.6) is 0 Å². The molecule has 4 heterocycles. The molecule has 2 aromatic rings. The summed E-state index contributed by atoms with van der Waals surface area (Å²) in [6, 6.07) is 7.45. The van der Waals surface area contributed by atoms with Crippen molar-refractivity contribution >= 4 is 17.5 Å². The molecule has 6 heteroatoms. The minimum absolute atomic E-state index is 0.00177. The Morgan fingerprint density at radius 3 is 2.50 bits per heavy atom. The summed E-state index contributed by atoms with van der Waals surface area (Å²) in [6.45, 7) is 3.84. The molecule has 6 nitrogen and oxygen atoms in total. The van der Waals surface area contributed by atoms with Gasteiger partial charge in [-0.2, -0.15) is 0 Å². The maximum absolute atomic E-state index is 13.1. The van der Waals surface area contributed by atoms with Gasteiger partial charge in [0.1, 0.15) is 0 Å². The summed E-state index contributed by atoms with van der Waals surface area (Å²) < 4.78 is 0. The van der Waals surface area contributed by atoms with Gasteiger partial charge >= 0.3 is 0 Å². The van der Waals surface area contributed by atoms with Gasteiger partial charge in [0.25, 0.3) is 5.91 Å². The molecule has 2 aliphatic heterocycles. The highest BCUT2D eigenvalue weighted by molar-refractivity contribution is 6.00. The van der Waals surface area contributed by atoms with Gasteiger partial charge in [0, 0.05) is 37.7 Å². The molecule has 0 aromatic carbocycles. The lowest BCUT2D eigenvalue weighted by Gasteiger charge is -2.38. The first-order valence-corrected chi connectivity index (χ1v) is 9.03. The van der Waals surface area contributed by atoms with E-state index in [-0.39, 0.29) is 17.2 Å². The number of hydrogen-bond donors (Lipinski definition) is 0. The third-order valence-electron chi connectivity index (χ3n) is 5.64. The molecule has 2 aromatic heterocycles. The number of carbonyl (C=O) groups excluding carboxylic acids is 2. The van der Waals surface area contributed by atoms with Gasteiger partial charge in [0.15, 0.2) is 0 Å². The van der Waals surface area contributed by atoms with E-state index in [1.165, 1.54) is 0 Å². The normalized spacial score (nSPS) is 19.2. The number of nitrogens with zero attached hydrogens (tertiary/aromatic N) is 4. The lowest BCUT2D eigenvalue weighted by atomic mass is 9.77. The lowest BCUT2D eigenvalue weighted by molar-refractivity contribution is -0.127. The Hall–Kier alpha value is -2.76. The van der Waals surface area contributed by atoms with Crippen molar-refractivity contribution in [3.8, 4) is 0 Å². The van der Waals surface area contributed by atoms with E-state index in [9.17, 15) is 9.59 Å². The number of anilines is 1. The van der Waals surface area contributed by atoms with Crippen molar-refractivity contribution in [1.82, 2.24) is 14.9 Å². The van der Waals surface area contributed by atoms with Crippen LogP contribution in [0.4, 0.5) is 5.69 Å². The molecule has 2 amide bonds. The van der Waals surface area contributed by atoms with Crippen LogP contribution in [0, 0.1) is 12.3 Å². The Bertz CT molecular complexity index is 811. The third-order valence-corrected chi connectivity index (χ3v) is 5.64. The van der Waals surface area contributed by atoms with Crippen molar-refractivity contribution in [3.05, 3.63) is 54.1 Å².